The van der Waals surface area contributed by atoms with Crippen LogP contribution in [0.3, 0.4) is 0 Å². The average molecular weight is 264 g/mol. The summed E-state index contributed by atoms with van der Waals surface area (Å²) in [5, 5.41) is 0. The molecule has 0 heterocycles. The molecular formula is C13H26ClNS. The Kier molecular flexibility index (Phi) is 11.8. The van der Waals surface area contributed by atoms with Crippen LogP contribution in [0.25, 0.3) is 0 Å². The molecule has 0 radical (unpaired) electrons. The lowest BCUT2D eigenvalue weighted by molar-refractivity contribution is 0.397. The van der Waals surface area contributed by atoms with Gasteiger partial charge in [0, 0.05) is 13.1 Å². The predicted octanol–water partition coefficient (Wildman–Crippen LogP) is 4.97. The molecule has 16 heavy (non-hydrogen) atoms. The molecule has 0 bridgehead atoms. The van der Waals surface area contributed by atoms with Gasteiger partial charge in [-0.1, -0.05) is 64.0 Å². The van der Waals surface area contributed by atoms with Crippen LogP contribution >= 0.6 is 23.8 Å². The van der Waals surface area contributed by atoms with Gasteiger partial charge in [-0.2, -0.15) is 0 Å². The highest BCUT2D eigenvalue weighted by atomic mass is 35.5. The van der Waals surface area contributed by atoms with Gasteiger partial charge in [-0.05, 0) is 25.1 Å². The normalized spacial score (nSPS) is 10.4. The SMILES string of the molecule is CCCCCCN(CCCCCC)C(=S)Cl. The Morgan fingerprint density at radius 3 is 1.62 bits per heavy atom. The molecule has 0 unspecified atom stereocenters. The third kappa shape index (κ3) is 9.41. The topological polar surface area (TPSA) is 3.24 Å². The first kappa shape index (κ1) is 16.2. The van der Waals surface area contributed by atoms with Gasteiger partial charge in [0.05, 0.1) is 0 Å². The maximum atomic E-state index is 5.93. The van der Waals surface area contributed by atoms with Gasteiger partial charge in [-0.25, -0.2) is 0 Å². The quantitative estimate of drug-likeness (QED) is 0.237. The zero-order valence-corrected chi connectivity index (χ0v) is 12.4. The van der Waals surface area contributed by atoms with E-state index >= 15 is 0 Å². The van der Waals surface area contributed by atoms with Crippen LogP contribution in [0, 0.1) is 0 Å². The molecule has 0 aromatic carbocycles. The standard InChI is InChI=1S/C13H26ClNS/c1-3-5-7-9-11-15(13(14)16)12-10-8-6-4-2/h3-12H2,1-2H3. The van der Waals surface area contributed by atoms with Gasteiger partial charge in [-0.15, -0.1) is 0 Å². The fourth-order valence-electron chi connectivity index (χ4n) is 1.75. The predicted molar refractivity (Wildman–Crippen MR) is 78.3 cm³/mol. The molecule has 0 aromatic rings. The minimum absolute atomic E-state index is 0.549. The lowest BCUT2D eigenvalue weighted by Crippen LogP contribution is -2.28. The molecule has 0 amide bonds. The van der Waals surface area contributed by atoms with Gasteiger partial charge < -0.3 is 4.90 Å². The molecule has 3 heteroatoms. The summed E-state index contributed by atoms with van der Waals surface area (Å²) in [5.41, 5.74) is 0. The van der Waals surface area contributed by atoms with Crippen LogP contribution in [0.2, 0.25) is 0 Å². The minimum Gasteiger partial charge on any atom is -0.353 e. The number of nitrogens with zero attached hydrogens (tertiary/aromatic N) is 1. The van der Waals surface area contributed by atoms with E-state index in [0.29, 0.717) is 4.45 Å². The number of rotatable bonds is 10. The maximum Gasteiger partial charge on any atom is 0.169 e. The number of thiocarbonyl (C=S) groups is 1. The van der Waals surface area contributed by atoms with Crippen molar-refractivity contribution in [2.75, 3.05) is 13.1 Å². The van der Waals surface area contributed by atoms with E-state index in [4.69, 9.17) is 23.8 Å². The lowest BCUT2D eigenvalue weighted by atomic mass is 10.2. The Labute approximate surface area is 112 Å². The Morgan fingerprint density at radius 1 is 0.875 bits per heavy atom. The van der Waals surface area contributed by atoms with E-state index in [1.54, 1.807) is 0 Å². The molecule has 0 aromatic heterocycles. The zero-order chi connectivity index (χ0) is 12.2. The second kappa shape index (κ2) is 11.7. The molecule has 1 nitrogen and oxygen atoms in total. The van der Waals surface area contributed by atoms with Crippen molar-refractivity contribution in [3.05, 3.63) is 0 Å². The first-order valence-electron chi connectivity index (χ1n) is 6.66. The summed E-state index contributed by atoms with van der Waals surface area (Å²) in [7, 11) is 0. The van der Waals surface area contributed by atoms with E-state index in [2.05, 4.69) is 18.7 Å². The van der Waals surface area contributed by atoms with Crippen LogP contribution < -0.4 is 0 Å². The zero-order valence-electron chi connectivity index (χ0n) is 10.8. The Morgan fingerprint density at radius 2 is 1.31 bits per heavy atom. The summed E-state index contributed by atoms with van der Waals surface area (Å²) in [6.45, 7) is 6.53. The number of hydrogen-bond donors (Lipinski definition) is 0. The second-order valence-corrected chi connectivity index (χ2v) is 5.33. The Hall–Kier alpha value is 0.180. The first-order valence-corrected chi connectivity index (χ1v) is 7.45. The van der Waals surface area contributed by atoms with Gasteiger partial charge in [0.2, 0.25) is 0 Å². The molecular weight excluding hydrogens is 238 g/mol. The summed E-state index contributed by atoms with van der Waals surface area (Å²) in [5.74, 6) is 0. The Balaban J connectivity index is 3.59. The average Bonchev–Trinajstić information content (AvgIpc) is 2.26. The highest BCUT2D eigenvalue weighted by Crippen LogP contribution is 2.07. The van der Waals surface area contributed by atoms with Crippen molar-refractivity contribution in [1.82, 2.24) is 4.90 Å². The van der Waals surface area contributed by atoms with E-state index in [1.165, 1.54) is 51.4 Å². The third-order valence-corrected chi connectivity index (χ3v) is 3.31. The van der Waals surface area contributed by atoms with Crippen LogP contribution in [0.4, 0.5) is 0 Å². The molecule has 0 fully saturated rings. The van der Waals surface area contributed by atoms with E-state index in [9.17, 15) is 0 Å². The van der Waals surface area contributed by atoms with Crippen LogP contribution in [-0.2, 0) is 0 Å². The van der Waals surface area contributed by atoms with E-state index in [1.807, 2.05) is 0 Å². The van der Waals surface area contributed by atoms with Crippen molar-refractivity contribution in [1.29, 1.82) is 0 Å². The molecule has 0 aliphatic heterocycles. The summed E-state index contributed by atoms with van der Waals surface area (Å²) in [4.78, 5) is 2.15. The highest BCUT2D eigenvalue weighted by molar-refractivity contribution is 7.83. The van der Waals surface area contributed by atoms with Crippen molar-refractivity contribution in [3.8, 4) is 0 Å². The van der Waals surface area contributed by atoms with Gasteiger partial charge in [0.1, 0.15) is 0 Å². The fourth-order valence-corrected chi connectivity index (χ4v) is 2.10. The van der Waals surface area contributed by atoms with Crippen molar-refractivity contribution >= 4 is 28.3 Å². The fraction of sp³-hybridized carbons (Fsp3) is 0.923. The van der Waals surface area contributed by atoms with Gasteiger partial charge in [-0.3, -0.25) is 0 Å². The molecule has 0 aliphatic rings. The van der Waals surface area contributed by atoms with Crippen LogP contribution in [0.5, 0.6) is 0 Å². The molecule has 0 saturated carbocycles. The van der Waals surface area contributed by atoms with Gasteiger partial charge in [0.25, 0.3) is 0 Å². The number of halogens is 1. The van der Waals surface area contributed by atoms with E-state index < -0.39 is 0 Å². The van der Waals surface area contributed by atoms with Crippen molar-refractivity contribution in [2.45, 2.75) is 65.2 Å². The van der Waals surface area contributed by atoms with Gasteiger partial charge in [0.15, 0.2) is 4.45 Å². The molecule has 0 N–H and O–H groups in total. The van der Waals surface area contributed by atoms with E-state index in [-0.39, 0.29) is 0 Å². The van der Waals surface area contributed by atoms with Crippen molar-refractivity contribution < 1.29 is 0 Å². The molecule has 0 rings (SSSR count). The third-order valence-electron chi connectivity index (χ3n) is 2.81. The summed E-state index contributed by atoms with van der Waals surface area (Å²) >= 11 is 11.0. The molecule has 96 valence electrons. The minimum atomic E-state index is 0.549. The van der Waals surface area contributed by atoms with E-state index in [0.717, 1.165) is 13.1 Å². The number of hydrogen-bond acceptors (Lipinski definition) is 1. The monoisotopic (exact) mass is 263 g/mol. The van der Waals surface area contributed by atoms with Gasteiger partial charge >= 0.3 is 0 Å². The smallest absolute Gasteiger partial charge is 0.169 e. The van der Waals surface area contributed by atoms with Crippen LogP contribution in [0.1, 0.15) is 65.2 Å². The summed E-state index contributed by atoms with van der Waals surface area (Å²) < 4.78 is 0.549. The van der Waals surface area contributed by atoms with Crippen LogP contribution in [-0.4, -0.2) is 22.4 Å². The molecule has 0 aliphatic carbocycles. The molecule has 0 atom stereocenters. The number of unbranched alkanes of at least 4 members (excludes halogenated alkanes) is 6. The Bertz CT molecular complexity index is 161. The summed E-state index contributed by atoms with van der Waals surface area (Å²) in [6.07, 6.45) is 10.2. The second-order valence-electron chi connectivity index (χ2n) is 4.36. The molecule has 0 saturated heterocycles. The maximum absolute atomic E-state index is 5.93. The summed E-state index contributed by atoms with van der Waals surface area (Å²) in [6, 6.07) is 0. The largest absolute Gasteiger partial charge is 0.353 e. The highest BCUT2D eigenvalue weighted by Gasteiger charge is 2.05. The van der Waals surface area contributed by atoms with Crippen molar-refractivity contribution in [2.24, 2.45) is 0 Å². The van der Waals surface area contributed by atoms with Crippen LogP contribution in [0.15, 0.2) is 0 Å². The first-order chi connectivity index (χ1) is 7.72. The lowest BCUT2D eigenvalue weighted by Gasteiger charge is -2.21. The molecule has 0 spiro atoms. The van der Waals surface area contributed by atoms with Crippen molar-refractivity contribution in [3.63, 3.8) is 0 Å².